The van der Waals surface area contributed by atoms with Crippen LogP contribution in [-0.2, 0) is 11.3 Å². The van der Waals surface area contributed by atoms with E-state index in [4.69, 9.17) is 21.1 Å². The van der Waals surface area contributed by atoms with Crippen molar-refractivity contribution in [2.24, 2.45) is 0 Å². The lowest BCUT2D eigenvalue weighted by molar-refractivity contribution is -0.0442. The molecule has 1 aromatic heterocycles. The predicted molar refractivity (Wildman–Crippen MR) is 95.9 cm³/mol. The van der Waals surface area contributed by atoms with E-state index in [9.17, 15) is 5.11 Å². The Morgan fingerprint density at radius 2 is 2.08 bits per heavy atom. The molecule has 1 fully saturated rings. The van der Waals surface area contributed by atoms with Gasteiger partial charge < -0.3 is 19.9 Å². The highest BCUT2D eigenvalue weighted by atomic mass is 35.5. The number of aliphatic hydroxyl groups excluding tert-OH is 1. The third-order valence-corrected chi connectivity index (χ3v) is 4.57. The van der Waals surface area contributed by atoms with Gasteiger partial charge in [-0.05, 0) is 37.0 Å². The molecule has 134 valence electrons. The fourth-order valence-corrected chi connectivity index (χ4v) is 3.17. The van der Waals surface area contributed by atoms with Crippen LogP contribution in [0.4, 0.5) is 5.82 Å². The van der Waals surface area contributed by atoms with Crippen molar-refractivity contribution in [2.45, 2.75) is 38.1 Å². The van der Waals surface area contributed by atoms with E-state index in [-0.39, 0.29) is 18.8 Å². The summed E-state index contributed by atoms with van der Waals surface area (Å²) in [4.78, 5) is 8.21. The van der Waals surface area contributed by atoms with E-state index in [1.807, 2.05) is 24.3 Å². The van der Waals surface area contributed by atoms with E-state index in [1.54, 1.807) is 0 Å². The molecule has 2 atom stereocenters. The summed E-state index contributed by atoms with van der Waals surface area (Å²) in [6.07, 6.45) is 4.66. The van der Waals surface area contributed by atoms with E-state index in [1.165, 1.54) is 13.4 Å². The van der Waals surface area contributed by atoms with Crippen LogP contribution in [0.2, 0.25) is 5.02 Å². The van der Waals surface area contributed by atoms with Crippen molar-refractivity contribution in [3.63, 3.8) is 0 Å². The van der Waals surface area contributed by atoms with Crippen molar-refractivity contribution >= 4 is 17.4 Å². The summed E-state index contributed by atoms with van der Waals surface area (Å²) in [5.74, 6) is 1.04. The van der Waals surface area contributed by atoms with Gasteiger partial charge in [-0.3, -0.25) is 0 Å². The second-order valence-corrected chi connectivity index (χ2v) is 6.41. The van der Waals surface area contributed by atoms with Crippen LogP contribution in [0.3, 0.4) is 0 Å². The second-order valence-electron chi connectivity index (χ2n) is 5.97. The van der Waals surface area contributed by atoms with Gasteiger partial charge in [-0.1, -0.05) is 23.7 Å². The van der Waals surface area contributed by atoms with E-state index < -0.39 is 0 Å². The topological polar surface area (TPSA) is 76.5 Å². The predicted octanol–water partition coefficient (Wildman–Crippen LogP) is 3.35. The molecule has 2 aromatic rings. The van der Waals surface area contributed by atoms with Gasteiger partial charge >= 0.3 is 0 Å². The van der Waals surface area contributed by atoms with Gasteiger partial charge in [-0.25, -0.2) is 9.97 Å². The van der Waals surface area contributed by atoms with Crippen molar-refractivity contribution in [3.05, 3.63) is 46.9 Å². The molecule has 1 aliphatic heterocycles. The van der Waals surface area contributed by atoms with Crippen molar-refractivity contribution in [3.8, 4) is 5.75 Å². The summed E-state index contributed by atoms with van der Waals surface area (Å²) >= 11 is 5.96. The Kier molecular flexibility index (Phi) is 6.07. The number of halogens is 1. The quantitative estimate of drug-likeness (QED) is 0.819. The molecule has 1 aromatic carbocycles. The van der Waals surface area contributed by atoms with Crippen LogP contribution in [0, 0.1) is 0 Å². The summed E-state index contributed by atoms with van der Waals surface area (Å²) in [6.45, 7) is 0.418. The standard InChI is InChI=1S/C18H22ClN3O3/c1-24-17-15(10-23)21-11-22-18(17)20-9-14-3-2-4-16(25-14)12-5-7-13(19)8-6-12/h5-8,11,14,16,23H,2-4,9-10H2,1H3,(H,20,21,22). The lowest BCUT2D eigenvalue weighted by Crippen LogP contribution is -2.29. The zero-order valence-electron chi connectivity index (χ0n) is 14.1. The molecule has 7 heteroatoms. The molecule has 0 radical (unpaired) electrons. The zero-order valence-corrected chi connectivity index (χ0v) is 14.9. The highest BCUT2D eigenvalue weighted by molar-refractivity contribution is 6.30. The van der Waals surface area contributed by atoms with Gasteiger partial charge in [-0.15, -0.1) is 0 Å². The number of anilines is 1. The van der Waals surface area contributed by atoms with Crippen LogP contribution < -0.4 is 10.1 Å². The first kappa shape index (κ1) is 17.9. The van der Waals surface area contributed by atoms with Crippen LogP contribution in [-0.4, -0.2) is 34.8 Å². The maximum Gasteiger partial charge on any atom is 0.185 e. The number of hydrogen-bond acceptors (Lipinski definition) is 6. The molecule has 1 saturated heterocycles. The molecule has 3 rings (SSSR count). The van der Waals surface area contributed by atoms with Gasteiger partial charge in [0.2, 0.25) is 0 Å². The third-order valence-electron chi connectivity index (χ3n) is 4.32. The molecule has 0 amide bonds. The van der Waals surface area contributed by atoms with Gasteiger partial charge in [0, 0.05) is 11.6 Å². The van der Waals surface area contributed by atoms with Crippen molar-refractivity contribution < 1.29 is 14.6 Å². The summed E-state index contributed by atoms with van der Waals surface area (Å²) < 4.78 is 11.5. The van der Waals surface area contributed by atoms with Crippen LogP contribution in [0.1, 0.15) is 36.6 Å². The molecule has 1 aliphatic rings. The zero-order chi connectivity index (χ0) is 17.6. The molecule has 2 heterocycles. The molecular weight excluding hydrogens is 342 g/mol. The minimum absolute atomic E-state index is 0.0756. The molecule has 0 saturated carbocycles. The van der Waals surface area contributed by atoms with Crippen molar-refractivity contribution in [2.75, 3.05) is 19.0 Å². The molecular formula is C18H22ClN3O3. The number of nitrogens with one attached hydrogen (secondary N) is 1. The number of aliphatic hydroxyl groups is 1. The van der Waals surface area contributed by atoms with Gasteiger partial charge in [0.05, 0.1) is 25.9 Å². The van der Waals surface area contributed by atoms with Crippen molar-refractivity contribution in [1.29, 1.82) is 0 Å². The summed E-state index contributed by atoms with van der Waals surface area (Å²) in [5, 5.41) is 13.3. The van der Waals surface area contributed by atoms with Crippen LogP contribution in [0.25, 0.3) is 0 Å². The largest absolute Gasteiger partial charge is 0.491 e. The lowest BCUT2D eigenvalue weighted by Gasteiger charge is -2.30. The normalized spacial score (nSPS) is 20.3. The molecule has 25 heavy (non-hydrogen) atoms. The Hall–Kier alpha value is -1.89. The van der Waals surface area contributed by atoms with Crippen LogP contribution in [0.15, 0.2) is 30.6 Å². The minimum Gasteiger partial charge on any atom is -0.491 e. The first-order chi connectivity index (χ1) is 12.2. The van der Waals surface area contributed by atoms with E-state index in [0.29, 0.717) is 23.8 Å². The molecule has 2 N–H and O–H groups in total. The average Bonchev–Trinajstić information content (AvgIpc) is 2.66. The van der Waals surface area contributed by atoms with Crippen molar-refractivity contribution in [1.82, 2.24) is 9.97 Å². The molecule has 0 spiro atoms. The van der Waals surface area contributed by atoms with Crippen LogP contribution in [0.5, 0.6) is 5.75 Å². The molecule has 0 bridgehead atoms. The SMILES string of the molecule is COc1c(CO)ncnc1NCC1CCCC(c2ccc(Cl)cc2)O1. The Labute approximate surface area is 152 Å². The number of aromatic nitrogens is 2. The second kappa shape index (κ2) is 8.47. The number of benzene rings is 1. The highest BCUT2D eigenvalue weighted by Crippen LogP contribution is 2.32. The van der Waals surface area contributed by atoms with E-state index in [0.717, 1.165) is 29.8 Å². The molecule has 6 nitrogen and oxygen atoms in total. The third kappa shape index (κ3) is 4.39. The minimum atomic E-state index is -0.195. The van der Waals surface area contributed by atoms with Gasteiger partial charge in [0.15, 0.2) is 11.6 Å². The fraction of sp³-hybridized carbons (Fsp3) is 0.444. The first-order valence-corrected chi connectivity index (χ1v) is 8.72. The van der Waals surface area contributed by atoms with Crippen LogP contribution >= 0.6 is 11.6 Å². The smallest absolute Gasteiger partial charge is 0.185 e. The Morgan fingerprint density at radius 3 is 2.80 bits per heavy atom. The number of hydrogen-bond donors (Lipinski definition) is 2. The molecule has 2 unspecified atom stereocenters. The monoisotopic (exact) mass is 363 g/mol. The fourth-order valence-electron chi connectivity index (χ4n) is 3.05. The number of nitrogens with zero attached hydrogens (tertiary/aromatic N) is 2. The number of methoxy groups -OCH3 is 1. The number of rotatable bonds is 6. The first-order valence-electron chi connectivity index (χ1n) is 8.34. The van der Waals surface area contributed by atoms with Gasteiger partial charge in [-0.2, -0.15) is 0 Å². The summed E-state index contributed by atoms with van der Waals surface area (Å²) in [6, 6.07) is 7.82. The Bertz CT molecular complexity index is 696. The molecule has 0 aliphatic carbocycles. The average molecular weight is 364 g/mol. The van der Waals surface area contributed by atoms with Gasteiger partial charge in [0.25, 0.3) is 0 Å². The van der Waals surface area contributed by atoms with E-state index >= 15 is 0 Å². The summed E-state index contributed by atoms with van der Waals surface area (Å²) in [7, 11) is 1.54. The lowest BCUT2D eigenvalue weighted by atomic mass is 9.98. The summed E-state index contributed by atoms with van der Waals surface area (Å²) in [5.41, 5.74) is 1.61. The maximum atomic E-state index is 9.34. The van der Waals surface area contributed by atoms with E-state index in [2.05, 4.69) is 15.3 Å². The maximum absolute atomic E-state index is 9.34. The Balaban J connectivity index is 1.63. The Morgan fingerprint density at radius 1 is 1.28 bits per heavy atom. The van der Waals surface area contributed by atoms with Gasteiger partial charge in [0.1, 0.15) is 12.0 Å². The highest BCUT2D eigenvalue weighted by Gasteiger charge is 2.24. The number of ether oxygens (including phenoxy) is 2.